The van der Waals surface area contributed by atoms with Crippen molar-refractivity contribution >= 4 is 33.0 Å². The van der Waals surface area contributed by atoms with Crippen molar-refractivity contribution < 1.29 is 23.1 Å². The van der Waals surface area contributed by atoms with Gasteiger partial charge in [0, 0.05) is 25.6 Å². The molecular weight excluding hydrogens is 474 g/mol. The highest BCUT2D eigenvalue weighted by Gasteiger charge is 2.35. The number of ether oxygens (including phenoxy) is 1. The fourth-order valence-electron chi connectivity index (χ4n) is 4.28. The highest BCUT2D eigenvalue weighted by Crippen LogP contribution is 2.37. The van der Waals surface area contributed by atoms with Crippen LogP contribution in [0.25, 0.3) is 0 Å². The predicted molar refractivity (Wildman–Crippen MR) is 133 cm³/mol. The summed E-state index contributed by atoms with van der Waals surface area (Å²) in [4.78, 5) is 17.4. The molecule has 8 nitrogen and oxygen atoms in total. The molecule has 1 aliphatic heterocycles. The zero-order chi connectivity index (χ0) is 24.5. The van der Waals surface area contributed by atoms with Crippen LogP contribution in [0, 0.1) is 11.8 Å². The van der Waals surface area contributed by atoms with Crippen LogP contribution in [-0.2, 0) is 10.0 Å². The second-order valence-electron chi connectivity index (χ2n) is 9.51. The van der Waals surface area contributed by atoms with Gasteiger partial charge in [0.15, 0.2) is 5.75 Å². The quantitative estimate of drug-likeness (QED) is 0.541. The Morgan fingerprint density at radius 2 is 2.03 bits per heavy atom. The lowest BCUT2D eigenvalue weighted by Crippen LogP contribution is -2.50. The molecule has 3 atom stereocenters. The van der Waals surface area contributed by atoms with Crippen molar-refractivity contribution in [3.8, 4) is 5.75 Å². The number of anilines is 1. The summed E-state index contributed by atoms with van der Waals surface area (Å²) in [5.41, 5.74) is 0.522. The smallest absolute Gasteiger partial charge is 0.271 e. The third-order valence-corrected chi connectivity index (χ3v) is 9.22. The Balaban J connectivity index is 1.72. The van der Waals surface area contributed by atoms with Crippen LogP contribution >= 0.6 is 11.3 Å². The van der Waals surface area contributed by atoms with Crippen LogP contribution in [0.5, 0.6) is 5.75 Å². The van der Waals surface area contributed by atoms with E-state index in [9.17, 15) is 18.3 Å². The number of hydrogen-bond donors (Lipinski definition) is 2. The summed E-state index contributed by atoms with van der Waals surface area (Å²) in [5, 5.41) is 11.5. The van der Waals surface area contributed by atoms with Crippen LogP contribution in [0.4, 0.5) is 5.69 Å². The van der Waals surface area contributed by atoms with Gasteiger partial charge in [0.25, 0.3) is 15.9 Å². The van der Waals surface area contributed by atoms with Gasteiger partial charge in [-0.1, -0.05) is 19.1 Å². The summed E-state index contributed by atoms with van der Waals surface area (Å²) < 4.78 is 35.2. The molecule has 2 aliphatic rings. The van der Waals surface area contributed by atoms with Crippen molar-refractivity contribution in [1.29, 1.82) is 0 Å². The Labute approximate surface area is 205 Å². The molecule has 0 saturated heterocycles. The Kier molecular flexibility index (Phi) is 7.51. The van der Waals surface area contributed by atoms with Crippen molar-refractivity contribution in [2.24, 2.45) is 11.8 Å². The Hall–Kier alpha value is -2.14. The Morgan fingerprint density at radius 3 is 2.68 bits per heavy atom. The highest BCUT2D eigenvalue weighted by molar-refractivity contribution is 7.94. The van der Waals surface area contributed by atoms with Crippen molar-refractivity contribution in [3.05, 3.63) is 41.3 Å². The maximum atomic E-state index is 13.5. The third kappa shape index (κ3) is 5.56. The van der Waals surface area contributed by atoms with Gasteiger partial charge in [-0.15, -0.1) is 11.3 Å². The van der Waals surface area contributed by atoms with Crippen molar-refractivity contribution in [1.82, 2.24) is 9.80 Å². The van der Waals surface area contributed by atoms with Crippen molar-refractivity contribution in [2.45, 2.75) is 43.0 Å². The first-order valence-corrected chi connectivity index (χ1v) is 14.0. The van der Waals surface area contributed by atoms with E-state index in [4.69, 9.17) is 4.74 Å². The molecule has 1 aromatic heterocycles. The van der Waals surface area contributed by atoms with Crippen molar-refractivity contribution in [3.63, 3.8) is 0 Å². The zero-order valence-electron chi connectivity index (χ0n) is 19.8. The van der Waals surface area contributed by atoms with Gasteiger partial charge >= 0.3 is 0 Å². The average Bonchev–Trinajstić information content (AvgIpc) is 3.41. The molecule has 34 heavy (non-hydrogen) atoms. The van der Waals surface area contributed by atoms with Crippen LogP contribution in [-0.4, -0.2) is 74.7 Å². The minimum Gasteiger partial charge on any atom is -0.486 e. The molecule has 0 bridgehead atoms. The first-order valence-electron chi connectivity index (χ1n) is 11.7. The molecule has 1 aromatic carbocycles. The lowest BCUT2D eigenvalue weighted by Gasteiger charge is -2.38. The maximum Gasteiger partial charge on any atom is 0.271 e. The fraction of sp³-hybridized carbons (Fsp3) is 0.542. The normalized spacial score (nSPS) is 22.0. The topological polar surface area (TPSA) is 99.2 Å². The second kappa shape index (κ2) is 10.2. The molecule has 0 unspecified atom stereocenters. The van der Waals surface area contributed by atoms with Gasteiger partial charge in [-0.3, -0.25) is 9.52 Å². The van der Waals surface area contributed by atoms with Gasteiger partial charge in [0.2, 0.25) is 0 Å². The molecule has 1 amide bonds. The number of sulfonamides is 1. The van der Waals surface area contributed by atoms with Gasteiger partial charge < -0.3 is 19.6 Å². The van der Waals surface area contributed by atoms with E-state index in [0.29, 0.717) is 13.1 Å². The van der Waals surface area contributed by atoms with Crippen LogP contribution in [0.15, 0.2) is 39.9 Å². The number of nitrogens with one attached hydrogen (secondary N) is 1. The summed E-state index contributed by atoms with van der Waals surface area (Å²) in [6.45, 7) is 5.76. The number of benzene rings is 1. The van der Waals surface area contributed by atoms with E-state index in [0.717, 1.165) is 23.8 Å². The number of para-hydroxylation sites is 1. The number of fused-ring (bicyclic) bond motifs is 1. The van der Waals surface area contributed by atoms with Crippen LogP contribution in [0.3, 0.4) is 0 Å². The minimum absolute atomic E-state index is 0.0327. The number of aliphatic hydroxyl groups excluding tert-OH is 1. The van der Waals surface area contributed by atoms with Gasteiger partial charge in [-0.2, -0.15) is 0 Å². The van der Waals surface area contributed by atoms with E-state index in [1.807, 2.05) is 13.8 Å². The molecule has 2 heterocycles. The SMILES string of the molecule is C[C@H](CO)N1C[C@H](C)[C@H](CN(C)CC2CC2)Oc2c(NS(=O)(=O)c3cccs3)cccc2C1=O. The summed E-state index contributed by atoms with van der Waals surface area (Å²) >= 11 is 1.12. The number of thiophene rings is 1. The number of likely N-dealkylation sites (N-methyl/N-ethyl adjacent to an activating group) is 1. The zero-order valence-corrected chi connectivity index (χ0v) is 21.4. The number of hydrogen-bond acceptors (Lipinski definition) is 7. The summed E-state index contributed by atoms with van der Waals surface area (Å²) in [7, 11) is -1.76. The summed E-state index contributed by atoms with van der Waals surface area (Å²) in [5.74, 6) is 0.640. The summed E-state index contributed by atoms with van der Waals surface area (Å²) in [6, 6.07) is 7.75. The number of amides is 1. The Morgan fingerprint density at radius 1 is 1.26 bits per heavy atom. The molecule has 0 spiro atoms. The monoisotopic (exact) mass is 507 g/mol. The highest BCUT2D eigenvalue weighted by atomic mass is 32.2. The standard InChI is InChI=1S/C24H33N3O5S2/c1-16-12-27(17(2)15-28)24(29)19-6-4-7-20(25-34(30,31)22-8-5-11-33-22)23(19)32-21(16)14-26(3)13-18-9-10-18/h4-8,11,16-18,21,25,28H,9-10,12-15H2,1-3H3/t16-,17+,21-/m0/s1. The van der Waals surface area contributed by atoms with E-state index < -0.39 is 10.0 Å². The van der Waals surface area contributed by atoms with E-state index in [1.165, 1.54) is 18.9 Å². The molecule has 10 heteroatoms. The first-order chi connectivity index (χ1) is 16.2. The largest absolute Gasteiger partial charge is 0.486 e. The molecule has 186 valence electrons. The van der Waals surface area contributed by atoms with Gasteiger partial charge in [-0.05, 0) is 56.3 Å². The van der Waals surface area contributed by atoms with Gasteiger partial charge in [0.1, 0.15) is 10.3 Å². The number of nitrogens with zero attached hydrogens (tertiary/aromatic N) is 2. The number of carbonyl (C=O) groups is 1. The second-order valence-corrected chi connectivity index (χ2v) is 12.4. The van der Waals surface area contributed by atoms with E-state index >= 15 is 0 Å². The molecule has 1 aliphatic carbocycles. The third-order valence-electron chi connectivity index (χ3n) is 6.45. The number of carbonyl (C=O) groups excluding carboxylic acids is 1. The Bertz CT molecular complexity index is 1100. The lowest BCUT2D eigenvalue weighted by atomic mass is 9.99. The average molecular weight is 508 g/mol. The van der Waals surface area contributed by atoms with Crippen molar-refractivity contribution in [2.75, 3.05) is 38.0 Å². The summed E-state index contributed by atoms with van der Waals surface area (Å²) in [6.07, 6.45) is 2.23. The molecule has 2 N–H and O–H groups in total. The van der Waals surface area contributed by atoms with Crippen LogP contribution in [0.1, 0.15) is 37.0 Å². The fourth-order valence-corrected chi connectivity index (χ4v) is 6.33. The van der Waals surface area contributed by atoms with Crippen LogP contribution < -0.4 is 9.46 Å². The lowest BCUT2D eigenvalue weighted by molar-refractivity contribution is 0.0346. The van der Waals surface area contributed by atoms with E-state index in [2.05, 4.69) is 16.7 Å². The van der Waals surface area contributed by atoms with Gasteiger partial charge in [0.05, 0.1) is 23.9 Å². The minimum atomic E-state index is -3.82. The number of aliphatic hydroxyl groups is 1. The number of rotatable bonds is 9. The van der Waals surface area contributed by atoms with E-state index in [1.54, 1.807) is 34.5 Å². The molecule has 0 radical (unpaired) electrons. The van der Waals surface area contributed by atoms with E-state index in [-0.39, 0.29) is 51.8 Å². The molecular formula is C24H33N3O5S2. The van der Waals surface area contributed by atoms with Crippen LogP contribution in [0.2, 0.25) is 0 Å². The first kappa shape index (κ1) is 25.0. The molecule has 1 saturated carbocycles. The maximum absolute atomic E-state index is 13.5. The molecule has 2 aromatic rings. The van der Waals surface area contributed by atoms with Gasteiger partial charge in [-0.25, -0.2) is 8.42 Å². The predicted octanol–water partition coefficient (Wildman–Crippen LogP) is 3.11. The molecule has 4 rings (SSSR count). The molecule has 1 fully saturated rings.